The van der Waals surface area contributed by atoms with Gasteiger partial charge in [-0.1, -0.05) is 31.4 Å². The van der Waals surface area contributed by atoms with Gasteiger partial charge in [0.05, 0.1) is 6.54 Å². The highest BCUT2D eigenvalue weighted by Crippen LogP contribution is 2.21. The van der Waals surface area contributed by atoms with E-state index in [4.69, 9.17) is 0 Å². The van der Waals surface area contributed by atoms with Gasteiger partial charge in [-0.05, 0) is 57.5 Å². The predicted molar refractivity (Wildman–Crippen MR) is 137 cm³/mol. The maximum Gasteiger partial charge on any atom is 0.253 e. The molecule has 0 bridgehead atoms. The topological polar surface area (TPSA) is 60.0 Å². The number of benzene rings is 1. The summed E-state index contributed by atoms with van der Waals surface area (Å²) in [5.74, 6) is 0.870. The number of hydrogen-bond acceptors (Lipinski definition) is 3. The molecule has 2 rings (SSSR count). The van der Waals surface area contributed by atoms with Crippen LogP contribution < -0.4 is 10.6 Å². The Morgan fingerprint density at radius 2 is 1.73 bits per heavy atom. The second kappa shape index (κ2) is 14.6. The third-order valence-corrected chi connectivity index (χ3v) is 5.55. The minimum Gasteiger partial charge on any atom is -0.357 e. The number of guanidine groups is 1. The highest BCUT2D eigenvalue weighted by Gasteiger charge is 2.17. The van der Waals surface area contributed by atoms with E-state index < -0.39 is 0 Å². The summed E-state index contributed by atoms with van der Waals surface area (Å²) in [5, 5.41) is 6.76. The summed E-state index contributed by atoms with van der Waals surface area (Å²) in [7, 11) is 5.80. The van der Waals surface area contributed by atoms with Crippen LogP contribution in [0.15, 0.2) is 29.3 Å². The Bertz CT molecular complexity index is 641. The van der Waals surface area contributed by atoms with Crippen molar-refractivity contribution in [2.45, 2.75) is 58.0 Å². The Morgan fingerprint density at radius 1 is 1.07 bits per heavy atom. The van der Waals surface area contributed by atoms with Crippen molar-refractivity contribution in [1.29, 1.82) is 0 Å². The highest BCUT2D eigenvalue weighted by atomic mass is 127. The fourth-order valence-corrected chi connectivity index (χ4v) is 3.76. The molecule has 1 fully saturated rings. The molecule has 0 spiro atoms. The third kappa shape index (κ3) is 9.20. The van der Waals surface area contributed by atoms with Gasteiger partial charge in [0.25, 0.3) is 5.91 Å². The molecule has 0 atom stereocenters. The molecular weight excluding hydrogens is 489 g/mol. The molecule has 1 aromatic carbocycles. The lowest BCUT2D eigenvalue weighted by Gasteiger charge is -2.31. The third-order valence-electron chi connectivity index (χ3n) is 5.55. The number of nitrogens with one attached hydrogen (secondary N) is 2. The van der Waals surface area contributed by atoms with Gasteiger partial charge in [0.2, 0.25) is 0 Å². The standard InChI is InChI=1S/C23H39N5O.HI/c1-5-24-23(25-16-9-17-28(4)21-10-7-6-8-11-21)26-18-19-12-14-20(15-13-19)22(29)27(2)3;/h12-15,21H,5-11,16-18H2,1-4H3,(H2,24,25,26);1H. The van der Waals surface area contributed by atoms with E-state index in [0.717, 1.165) is 43.6 Å². The summed E-state index contributed by atoms with van der Waals surface area (Å²) < 4.78 is 0. The highest BCUT2D eigenvalue weighted by molar-refractivity contribution is 14.0. The monoisotopic (exact) mass is 529 g/mol. The summed E-state index contributed by atoms with van der Waals surface area (Å²) in [4.78, 5) is 20.8. The van der Waals surface area contributed by atoms with Crippen molar-refractivity contribution in [3.05, 3.63) is 35.4 Å². The molecule has 1 saturated carbocycles. The van der Waals surface area contributed by atoms with Crippen LogP contribution in [-0.4, -0.2) is 68.5 Å². The summed E-state index contributed by atoms with van der Waals surface area (Å²) in [6.45, 7) is 5.55. The second-order valence-corrected chi connectivity index (χ2v) is 8.14. The molecule has 30 heavy (non-hydrogen) atoms. The Morgan fingerprint density at radius 3 is 2.33 bits per heavy atom. The molecule has 1 aliphatic carbocycles. The lowest BCUT2D eigenvalue weighted by molar-refractivity contribution is 0.0827. The molecule has 0 heterocycles. The fraction of sp³-hybridized carbons (Fsp3) is 0.652. The lowest BCUT2D eigenvalue weighted by atomic mass is 9.94. The van der Waals surface area contributed by atoms with Crippen LogP contribution in [0.25, 0.3) is 0 Å². The van der Waals surface area contributed by atoms with Gasteiger partial charge in [-0.15, -0.1) is 24.0 Å². The number of rotatable bonds is 9. The average Bonchev–Trinajstić information content (AvgIpc) is 2.75. The number of nitrogens with zero attached hydrogens (tertiary/aromatic N) is 3. The summed E-state index contributed by atoms with van der Waals surface area (Å²) in [6.07, 6.45) is 7.99. The van der Waals surface area contributed by atoms with E-state index in [0.29, 0.717) is 12.1 Å². The number of hydrogen-bond donors (Lipinski definition) is 2. The maximum absolute atomic E-state index is 12.0. The molecule has 6 nitrogen and oxygen atoms in total. The zero-order valence-corrected chi connectivity index (χ0v) is 21.4. The van der Waals surface area contributed by atoms with Crippen molar-refractivity contribution < 1.29 is 4.79 Å². The van der Waals surface area contributed by atoms with Gasteiger partial charge in [0.15, 0.2) is 5.96 Å². The second-order valence-electron chi connectivity index (χ2n) is 8.14. The largest absolute Gasteiger partial charge is 0.357 e. The van der Waals surface area contributed by atoms with Crippen LogP contribution in [-0.2, 0) is 6.54 Å². The normalized spacial score (nSPS) is 14.9. The van der Waals surface area contributed by atoms with Gasteiger partial charge in [-0.3, -0.25) is 4.79 Å². The maximum atomic E-state index is 12.0. The molecule has 1 aromatic rings. The van der Waals surface area contributed by atoms with Crippen molar-refractivity contribution in [1.82, 2.24) is 20.4 Å². The molecule has 170 valence electrons. The van der Waals surface area contributed by atoms with Gasteiger partial charge in [0.1, 0.15) is 0 Å². The van der Waals surface area contributed by atoms with E-state index in [1.807, 2.05) is 24.3 Å². The molecule has 0 radical (unpaired) electrons. The first-order valence-corrected chi connectivity index (χ1v) is 11.0. The molecule has 0 aliphatic heterocycles. The first-order valence-electron chi connectivity index (χ1n) is 11.0. The van der Waals surface area contributed by atoms with Crippen molar-refractivity contribution in [3.8, 4) is 0 Å². The number of halogens is 1. The SMILES string of the molecule is CCNC(=NCc1ccc(C(=O)N(C)C)cc1)NCCCN(C)C1CCCCC1.I. The Balaban J connectivity index is 0.00000450. The van der Waals surface area contributed by atoms with Gasteiger partial charge in [-0.2, -0.15) is 0 Å². The van der Waals surface area contributed by atoms with Crippen LogP contribution in [0.5, 0.6) is 0 Å². The molecular formula is C23H40IN5O. The number of carbonyl (C=O) groups is 1. The van der Waals surface area contributed by atoms with Crippen molar-refractivity contribution in [2.24, 2.45) is 4.99 Å². The molecule has 0 saturated heterocycles. The van der Waals surface area contributed by atoms with Crippen LogP contribution in [0, 0.1) is 0 Å². The van der Waals surface area contributed by atoms with Crippen LogP contribution in [0.4, 0.5) is 0 Å². The van der Waals surface area contributed by atoms with Gasteiger partial charge in [-0.25, -0.2) is 4.99 Å². The Labute approximate surface area is 199 Å². The van der Waals surface area contributed by atoms with E-state index >= 15 is 0 Å². The van der Waals surface area contributed by atoms with Crippen molar-refractivity contribution >= 4 is 35.8 Å². The minimum atomic E-state index is 0. The fourth-order valence-electron chi connectivity index (χ4n) is 3.76. The molecule has 0 aromatic heterocycles. The van der Waals surface area contributed by atoms with Crippen LogP contribution >= 0.6 is 24.0 Å². The van der Waals surface area contributed by atoms with E-state index in [1.54, 1.807) is 19.0 Å². The quantitative estimate of drug-likeness (QED) is 0.222. The Kier molecular flexibility index (Phi) is 13.0. The predicted octanol–water partition coefficient (Wildman–Crippen LogP) is 3.72. The number of aliphatic imine (C=N–C) groups is 1. The van der Waals surface area contributed by atoms with Crippen LogP contribution in [0.3, 0.4) is 0 Å². The first kappa shape index (κ1) is 26.7. The van der Waals surface area contributed by atoms with Crippen molar-refractivity contribution in [3.63, 3.8) is 0 Å². The zero-order chi connectivity index (χ0) is 21.1. The van der Waals surface area contributed by atoms with Crippen LogP contribution in [0.2, 0.25) is 0 Å². The van der Waals surface area contributed by atoms with E-state index in [-0.39, 0.29) is 29.9 Å². The Hall–Kier alpha value is -1.35. The van der Waals surface area contributed by atoms with Gasteiger partial charge in [0, 0.05) is 38.8 Å². The number of carbonyl (C=O) groups excluding carboxylic acids is 1. The van der Waals surface area contributed by atoms with E-state index in [1.165, 1.54) is 32.1 Å². The summed E-state index contributed by atoms with van der Waals surface area (Å²) >= 11 is 0. The van der Waals surface area contributed by atoms with Crippen LogP contribution in [0.1, 0.15) is 61.4 Å². The van der Waals surface area contributed by atoms with Gasteiger partial charge >= 0.3 is 0 Å². The molecule has 1 amide bonds. The number of amides is 1. The molecule has 0 unspecified atom stereocenters. The van der Waals surface area contributed by atoms with E-state index in [9.17, 15) is 4.79 Å². The molecule has 2 N–H and O–H groups in total. The molecule has 1 aliphatic rings. The van der Waals surface area contributed by atoms with Gasteiger partial charge < -0.3 is 20.4 Å². The van der Waals surface area contributed by atoms with E-state index in [2.05, 4.69) is 34.5 Å². The minimum absolute atomic E-state index is 0. The first-order chi connectivity index (χ1) is 14.0. The smallest absolute Gasteiger partial charge is 0.253 e. The lowest BCUT2D eigenvalue weighted by Crippen LogP contribution is -2.39. The molecule has 7 heteroatoms. The summed E-state index contributed by atoms with van der Waals surface area (Å²) in [6, 6.07) is 8.46. The summed E-state index contributed by atoms with van der Waals surface area (Å²) in [5.41, 5.74) is 1.80. The van der Waals surface area contributed by atoms with Crippen molar-refractivity contribution in [2.75, 3.05) is 40.8 Å². The average molecular weight is 530 g/mol. The zero-order valence-electron chi connectivity index (χ0n) is 19.1.